The van der Waals surface area contributed by atoms with Crippen LogP contribution in [-0.2, 0) is 15.0 Å². The average Bonchev–Trinajstić information content (AvgIpc) is 2.65. The highest BCUT2D eigenvalue weighted by atomic mass is 79.9. The number of rotatable bonds is 6. The Labute approximate surface area is 182 Å². The monoisotopic (exact) mass is 464 g/mol. The molecule has 3 N–H and O–H groups in total. The third-order valence-corrected chi connectivity index (χ3v) is 7.80. The van der Waals surface area contributed by atoms with Crippen LogP contribution in [0.5, 0.6) is 0 Å². The Morgan fingerprint density at radius 1 is 1.38 bits per heavy atom. The van der Waals surface area contributed by atoms with E-state index >= 15 is 0 Å². The molecule has 0 aliphatic heterocycles. The normalized spacial score (nSPS) is 30.2. The number of carboxylic acids is 1. The molecule has 1 aromatic rings. The molecule has 1 saturated carbocycles. The lowest BCUT2D eigenvalue weighted by Crippen LogP contribution is -2.53. The maximum absolute atomic E-state index is 12.3. The molecule has 3 rings (SSSR count). The number of hydrogen-bond donors (Lipinski definition) is 2. The molecule has 160 valence electrons. The van der Waals surface area contributed by atoms with Crippen molar-refractivity contribution in [3.63, 3.8) is 0 Å². The Hall–Kier alpha value is -1.40. The molecule has 5 nitrogen and oxygen atoms in total. The van der Waals surface area contributed by atoms with E-state index in [-0.39, 0.29) is 11.3 Å². The van der Waals surface area contributed by atoms with Crippen molar-refractivity contribution in [2.24, 2.45) is 22.2 Å². The van der Waals surface area contributed by atoms with Gasteiger partial charge in [0.15, 0.2) is 0 Å². The van der Waals surface area contributed by atoms with Crippen LogP contribution in [0.4, 0.5) is 0 Å². The van der Waals surface area contributed by atoms with Gasteiger partial charge in [-0.05, 0) is 79.7 Å². The van der Waals surface area contributed by atoms with Crippen LogP contribution >= 0.6 is 15.9 Å². The minimum Gasteiger partial charge on any atom is -0.481 e. The van der Waals surface area contributed by atoms with E-state index in [1.54, 1.807) is 0 Å². The highest BCUT2D eigenvalue weighted by Crippen LogP contribution is 2.58. The van der Waals surface area contributed by atoms with Crippen LogP contribution in [0.15, 0.2) is 21.8 Å². The van der Waals surface area contributed by atoms with Gasteiger partial charge >= 0.3 is 5.97 Å². The summed E-state index contributed by atoms with van der Waals surface area (Å²) in [5.74, 6) is -0.365. The molecule has 0 aromatic heterocycles. The minimum atomic E-state index is -0.772. The Bertz CT molecular complexity index is 823. The minimum absolute atomic E-state index is 0.0255. The predicted molar refractivity (Wildman–Crippen MR) is 119 cm³/mol. The summed E-state index contributed by atoms with van der Waals surface area (Å²) < 4.78 is 1.08. The maximum Gasteiger partial charge on any atom is 0.309 e. The number of aliphatic carboxylic acids is 1. The molecule has 0 unspecified atom stereocenters. The molecule has 6 heteroatoms. The van der Waals surface area contributed by atoms with E-state index < -0.39 is 11.4 Å². The van der Waals surface area contributed by atoms with Crippen molar-refractivity contribution in [3.05, 3.63) is 33.3 Å². The quantitative estimate of drug-likeness (QED) is 0.447. The van der Waals surface area contributed by atoms with Crippen LogP contribution in [0.1, 0.15) is 82.4 Å². The molecular formula is C23H33BrN2O3. The third kappa shape index (κ3) is 3.86. The van der Waals surface area contributed by atoms with Gasteiger partial charge in [-0.3, -0.25) is 4.79 Å². The van der Waals surface area contributed by atoms with E-state index in [0.29, 0.717) is 31.9 Å². The van der Waals surface area contributed by atoms with Gasteiger partial charge in [-0.1, -0.05) is 48.3 Å². The number of nitrogens with zero attached hydrogens (tertiary/aromatic N) is 1. The Morgan fingerprint density at radius 2 is 2.10 bits per heavy atom. The molecule has 0 bridgehead atoms. The number of benzene rings is 1. The van der Waals surface area contributed by atoms with Crippen LogP contribution in [0.3, 0.4) is 0 Å². The third-order valence-electron chi connectivity index (χ3n) is 7.12. The first kappa shape index (κ1) is 22.3. The van der Waals surface area contributed by atoms with Crippen LogP contribution in [0.2, 0.25) is 0 Å². The molecule has 2 aliphatic carbocycles. The van der Waals surface area contributed by atoms with Crippen LogP contribution in [0.25, 0.3) is 0 Å². The zero-order valence-electron chi connectivity index (χ0n) is 17.9. The number of hydrogen-bond acceptors (Lipinski definition) is 4. The number of oxime groups is 1. The molecule has 1 fully saturated rings. The lowest BCUT2D eigenvalue weighted by atomic mass is 9.49. The van der Waals surface area contributed by atoms with Gasteiger partial charge in [0.05, 0.1) is 11.1 Å². The van der Waals surface area contributed by atoms with Crippen LogP contribution in [-0.4, -0.2) is 29.9 Å². The molecule has 2 aliphatic rings. The summed E-state index contributed by atoms with van der Waals surface area (Å²) in [5.41, 5.74) is 9.00. The summed E-state index contributed by atoms with van der Waals surface area (Å²) in [6.07, 6.45) is 3.97. The van der Waals surface area contributed by atoms with E-state index in [1.807, 2.05) is 6.92 Å². The van der Waals surface area contributed by atoms with E-state index in [2.05, 4.69) is 54.0 Å². The summed E-state index contributed by atoms with van der Waals surface area (Å²) in [4.78, 5) is 17.9. The van der Waals surface area contributed by atoms with Crippen molar-refractivity contribution in [3.8, 4) is 0 Å². The smallest absolute Gasteiger partial charge is 0.309 e. The lowest BCUT2D eigenvalue weighted by Gasteiger charge is -2.53. The molecule has 3 atom stereocenters. The second-order valence-electron chi connectivity index (χ2n) is 9.34. The fourth-order valence-corrected chi connectivity index (χ4v) is 6.11. The van der Waals surface area contributed by atoms with Crippen molar-refractivity contribution < 1.29 is 14.7 Å². The summed E-state index contributed by atoms with van der Waals surface area (Å²) in [7, 11) is 0. The highest BCUT2D eigenvalue weighted by molar-refractivity contribution is 9.10. The number of nitrogens with two attached hydrogens (primary N) is 1. The number of carboxylic acid groups (broad SMARTS) is 1. The largest absolute Gasteiger partial charge is 0.481 e. The van der Waals surface area contributed by atoms with Crippen LogP contribution in [0, 0.1) is 11.3 Å². The second kappa shape index (κ2) is 8.38. The maximum atomic E-state index is 12.3. The highest BCUT2D eigenvalue weighted by Gasteiger charge is 2.56. The van der Waals surface area contributed by atoms with Gasteiger partial charge in [0.1, 0.15) is 6.61 Å². The average molecular weight is 465 g/mol. The number of halogens is 1. The fourth-order valence-electron chi connectivity index (χ4n) is 5.31. The van der Waals surface area contributed by atoms with Crippen molar-refractivity contribution in [1.82, 2.24) is 0 Å². The summed E-state index contributed by atoms with van der Waals surface area (Å²) in [6, 6.07) is 4.43. The molecular weight excluding hydrogens is 432 g/mol. The van der Waals surface area contributed by atoms with E-state index in [4.69, 9.17) is 10.6 Å². The van der Waals surface area contributed by atoms with Crippen molar-refractivity contribution in [2.45, 2.75) is 71.1 Å². The first-order valence-corrected chi connectivity index (χ1v) is 11.4. The summed E-state index contributed by atoms with van der Waals surface area (Å²) in [6.45, 7) is 9.54. The molecule has 0 amide bonds. The summed E-state index contributed by atoms with van der Waals surface area (Å²) >= 11 is 3.77. The topological polar surface area (TPSA) is 84.9 Å². The SMILES string of the molecule is CC(C)c1cc2c(cc1Br)[C@@]1(C)CCC[C@@](C)(C(=O)O)[C@@H]1C/C2=N\OCCCN. The molecule has 1 aromatic carbocycles. The molecule has 0 spiro atoms. The van der Waals surface area contributed by atoms with Gasteiger partial charge in [-0.15, -0.1) is 0 Å². The molecule has 0 saturated heterocycles. The first-order valence-electron chi connectivity index (χ1n) is 10.6. The Morgan fingerprint density at radius 3 is 2.72 bits per heavy atom. The lowest BCUT2D eigenvalue weighted by molar-refractivity contribution is -0.156. The van der Waals surface area contributed by atoms with Gasteiger partial charge in [0, 0.05) is 10.0 Å². The van der Waals surface area contributed by atoms with E-state index in [1.165, 1.54) is 11.1 Å². The zero-order valence-corrected chi connectivity index (χ0v) is 19.5. The van der Waals surface area contributed by atoms with Crippen LogP contribution < -0.4 is 5.73 Å². The standard InChI is InChI=1S/C23H33BrN2O3/c1-14(2)15-11-16-17(12-18(15)24)22(3)7-5-8-23(4,21(27)28)20(22)13-19(16)26-29-10-6-9-25/h11-12,14,20H,5-10,13,25H2,1-4H3,(H,27,28)/b26-19+/t20-,22-,23-/m1/s1. The van der Waals surface area contributed by atoms with Gasteiger partial charge in [-0.25, -0.2) is 0 Å². The van der Waals surface area contributed by atoms with Gasteiger partial charge in [0.2, 0.25) is 0 Å². The van der Waals surface area contributed by atoms with Crippen molar-refractivity contribution in [1.29, 1.82) is 0 Å². The summed E-state index contributed by atoms with van der Waals surface area (Å²) in [5, 5.41) is 14.6. The zero-order chi connectivity index (χ0) is 21.4. The Balaban J connectivity index is 2.16. The fraction of sp³-hybridized carbons (Fsp3) is 0.652. The van der Waals surface area contributed by atoms with E-state index in [0.717, 1.165) is 35.0 Å². The first-order chi connectivity index (χ1) is 13.6. The van der Waals surface area contributed by atoms with Gasteiger partial charge < -0.3 is 15.7 Å². The predicted octanol–water partition coefficient (Wildman–Crippen LogP) is 5.19. The number of fused-ring (bicyclic) bond motifs is 3. The number of carbonyl (C=O) groups is 1. The van der Waals surface area contributed by atoms with Gasteiger partial charge in [-0.2, -0.15) is 0 Å². The second-order valence-corrected chi connectivity index (χ2v) is 10.2. The molecule has 0 heterocycles. The molecule has 0 radical (unpaired) electrons. The Kier molecular flexibility index (Phi) is 6.44. The van der Waals surface area contributed by atoms with Crippen molar-refractivity contribution >= 4 is 27.6 Å². The van der Waals surface area contributed by atoms with E-state index in [9.17, 15) is 9.90 Å². The van der Waals surface area contributed by atoms with Crippen molar-refractivity contribution in [2.75, 3.05) is 13.2 Å². The van der Waals surface area contributed by atoms with Gasteiger partial charge in [0.25, 0.3) is 0 Å². The molecule has 29 heavy (non-hydrogen) atoms.